The van der Waals surface area contributed by atoms with E-state index in [2.05, 4.69) is 5.32 Å². The summed E-state index contributed by atoms with van der Waals surface area (Å²) in [6, 6.07) is 23.4. The van der Waals surface area contributed by atoms with Crippen molar-refractivity contribution < 1.29 is 23.5 Å². The number of piperazine rings is 1. The first-order valence-electron chi connectivity index (χ1n) is 12.1. The molecule has 0 aliphatic carbocycles. The fraction of sp³-hybridized carbons (Fsp3) is 0.207. The van der Waals surface area contributed by atoms with Gasteiger partial charge in [0.25, 0.3) is 11.8 Å². The molecule has 8 heteroatoms. The lowest BCUT2D eigenvalue weighted by Crippen LogP contribution is -2.51. The number of ether oxygens (including phenoxy) is 1. The number of carbonyl (C=O) groups is 3. The number of anilines is 1. The van der Waals surface area contributed by atoms with E-state index >= 15 is 0 Å². The van der Waals surface area contributed by atoms with Gasteiger partial charge in [-0.1, -0.05) is 30.3 Å². The van der Waals surface area contributed by atoms with E-state index < -0.39 is 0 Å². The minimum Gasteiger partial charge on any atom is -0.497 e. The van der Waals surface area contributed by atoms with E-state index in [-0.39, 0.29) is 29.9 Å². The number of para-hydroxylation sites is 1. The molecule has 1 N–H and O–H groups in total. The monoisotopic (exact) mass is 497 g/mol. The van der Waals surface area contributed by atoms with Gasteiger partial charge in [-0.15, -0.1) is 0 Å². The summed E-state index contributed by atoms with van der Waals surface area (Å²) in [4.78, 5) is 41.7. The molecule has 4 aromatic rings. The maximum absolute atomic E-state index is 12.8. The normalized spacial score (nSPS) is 13.4. The number of nitrogens with zero attached hydrogens (tertiary/aromatic N) is 2. The van der Waals surface area contributed by atoms with E-state index in [4.69, 9.17) is 9.15 Å². The average Bonchev–Trinajstić information content (AvgIpc) is 3.38. The van der Waals surface area contributed by atoms with E-state index in [1.165, 1.54) is 0 Å². The minimum absolute atomic E-state index is 0.00982. The van der Waals surface area contributed by atoms with Crippen LogP contribution in [0.25, 0.3) is 11.0 Å². The third kappa shape index (κ3) is 5.48. The van der Waals surface area contributed by atoms with Gasteiger partial charge in [-0.2, -0.15) is 0 Å². The Balaban J connectivity index is 1.12. The Morgan fingerprint density at radius 2 is 1.54 bits per heavy atom. The van der Waals surface area contributed by atoms with Gasteiger partial charge in [-0.25, -0.2) is 0 Å². The number of hydrogen-bond donors (Lipinski definition) is 1. The lowest BCUT2D eigenvalue weighted by Gasteiger charge is -2.35. The first-order chi connectivity index (χ1) is 18.0. The first-order valence-corrected chi connectivity index (χ1v) is 12.1. The summed E-state index contributed by atoms with van der Waals surface area (Å²) in [6.07, 6.45) is 0.254. The van der Waals surface area contributed by atoms with Gasteiger partial charge in [0.2, 0.25) is 5.91 Å². The topological polar surface area (TPSA) is 92.1 Å². The van der Waals surface area contributed by atoms with Crippen molar-refractivity contribution >= 4 is 34.4 Å². The third-order valence-electron chi connectivity index (χ3n) is 6.47. The van der Waals surface area contributed by atoms with Crippen molar-refractivity contribution in [2.75, 3.05) is 38.6 Å². The number of nitrogens with one attached hydrogen (secondary N) is 1. The van der Waals surface area contributed by atoms with Gasteiger partial charge in [0.05, 0.1) is 13.5 Å². The van der Waals surface area contributed by atoms with E-state index in [1.54, 1.807) is 59.4 Å². The largest absolute Gasteiger partial charge is 0.497 e. The van der Waals surface area contributed by atoms with Crippen LogP contribution in [0, 0.1) is 0 Å². The highest BCUT2D eigenvalue weighted by molar-refractivity contribution is 6.04. The average molecular weight is 498 g/mol. The number of methoxy groups -OCH3 is 1. The van der Waals surface area contributed by atoms with Crippen molar-refractivity contribution in [3.8, 4) is 5.75 Å². The van der Waals surface area contributed by atoms with Crippen LogP contribution >= 0.6 is 0 Å². The molecule has 3 amide bonds. The summed E-state index contributed by atoms with van der Waals surface area (Å²) in [7, 11) is 1.59. The van der Waals surface area contributed by atoms with Gasteiger partial charge in [0.15, 0.2) is 5.76 Å². The smallest absolute Gasteiger partial charge is 0.291 e. The fourth-order valence-corrected chi connectivity index (χ4v) is 4.35. The van der Waals surface area contributed by atoms with Crippen LogP contribution in [0.3, 0.4) is 0 Å². The molecule has 1 saturated heterocycles. The highest BCUT2D eigenvalue weighted by Gasteiger charge is 2.25. The van der Waals surface area contributed by atoms with Crippen molar-refractivity contribution in [3.05, 3.63) is 95.7 Å². The molecule has 1 aromatic heterocycles. The molecule has 2 heterocycles. The molecular formula is C29H27N3O5. The molecule has 37 heavy (non-hydrogen) atoms. The quantitative estimate of drug-likeness (QED) is 0.431. The molecule has 1 aliphatic heterocycles. The van der Waals surface area contributed by atoms with Crippen LogP contribution in [0.2, 0.25) is 0 Å². The molecule has 188 valence electrons. The molecule has 0 unspecified atom stereocenters. The molecule has 0 radical (unpaired) electrons. The minimum atomic E-state index is -0.331. The van der Waals surface area contributed by atoms with Crippen LogP contribution < -0.4 is 10.1 Å². The van der Waals surface area contributed by atoms with E-state index in [0.717, 1.165) is 10.9 Å². The Kier molecular flexibility index (Phi) is 6.89. The van der Waals surface area contributed by atoms with Crippen LogP contribution in [0.15, 0.2) is 83.3 Å². The number of furan rings is 1. The second-order valence-corrected chi connectivity index (χ2v) is 8.88. The Labute approximate surface area is 214 Å². The van der Waals surface area contributed by atoms with Crippen LogP contribution in [-0.4, -0.2) is 60.8 Å². The number of hydrogen-bond acceptors (Lipinski definition) is 5. The van der Waals surface area contributed by atoms with Crippen molar-refractivity contribution in [2.24, 2.45) is 0 Å². The predicted molar refractivity (Wildman–Crippen MR) is 140 cm³/mol. The Hall–Kier alpha value is -4.59. The summed E-state index contributed by atoms with van der Waals surface area (Å²) < 4.78 is 10.8. The SMILES string of the molecule is COc1ccc(C(=O)N2CCN(C(=O)Cc3ccc(NC(=O)c4cc5ccccc5o4)cc3)CC2)cc1. The maximum Gasteiger partial charge on any atom is 0.291 e. The first kappa shape index (κ1) is 24.1. The molecule has 0 spiro atoms. The summed E-state index contributed by atoms with van der Waals surface area (Å²) in [5.74, 6) is 0.575. The summed E-state index contributed by atoms with van der Waals surface area (Å²) in [6.45, 7) is 1.96. The van der Waals surface area contributed by atoms with Crippen LogP contribution in [-0.2, 0) is 11.2 Å². The van der Waals surface area contributed by atoms with Crippen molar-refractivity contribution in [1.82, 2.24) is 9.80 Å². The fourth-order valence-electron chi connectivity index (χ4n) is 4.35. The van der Waals surface area contributed by atoms with Crippen LogP contribution in [0.1, 0.15) is 26.5 Å². The molecule has 1 aliphatic rings. The second-order valence-electron chi connectivity index (χ2n) is 8.88. The maximum atomic E-state index is 12.8. The molecule has 0 bridgehead atoms. The van der Waals surface area contributed by atoms with Gasteiger partial charge in [-0.05, 0) is 54.1 Å². The summed E-state index contributed by atoms with van der Waals surface area (Å²) in [5, 5.41) is 3.69. The molecule has 5 rings (SSSR count). The molecule has 0 atom stereocenters. The van der Waals surface area contributed by atoms with Crippen LogP contribution in [0.5, 0.6) is 5.75 Å². The lowest BCUT2D eigenvalue weighted by molar-refractivity contribution is -0.131. The zero-order valence-electron chi connectivity index (χ0n) is 20.5. The van der Waals surface area contributed by atoms with Crippen molar-refractivity contribution in [1.29, 1.82) is 0 Å². The summed E-state index contributed by atoms with van der Waals surface area (Å²) in [5.41, 5.74) is 2.73. The zero-order chi connectivity index (χ0) is 25.8. The number of fused-ring (bicyclic) bond motifs is 1. The van der Waals surface area contributed by atoms with Gasteiger partial charge < -0.3 is 24.3 Å². The number of rotatable bonds is 6. The van der Waals surface area contributed by atoms with Gasteiger partial charge in [-0.3, -0.25) is 14.4 Å². The molecule has 1 fully saturated rings. The molecule has 0 saturated carbocycles. The van der Waals surface area contributed by atoms with E-state index in [1.807, 2.05) is 36.4 Å². The Morgan fingerprint density at radius 1 is 0.865 bits per heavy atom. The number of carbonyl (C=O) groups excluding carboxylic acids is 3. The molecule has 8 nitrogen and oxygen atoms in total. The van der Waals surface area contributed by atoms with E-state index in [0.29, 0.717) is 48.8 Å². The van der Waals surface area contributed by atoms with Crippen molar-refractivity contribution in [3.63, 3.8) is 0 Å². The van der Waals surface area contributed by atoms with Gasteiger partial charge >= 0.3 is 0 Å². The summed E-state index contributed by atoms with van der Waals surface area (Å²) >= 11 is 0. The standard InChI is InChI=1S/C29H27N3O5/c1-36-24-12-8-21(9-13-24)29(35)32-16-14-31(15-17-32)27(33)18-20-6-10-23(11-7-20)30-28(34)26-19-22-4-2-3-5-25(22)37-26/h2-13,19H,14-18H2,1H3,(H,30,34). The highest BCUT2D eigenvalue weighted by atomic mass is 16.5. The predicted octanol–water partition coefficient (Wildman–Crippen LogP) is 4.22. The third-order valence-corrected chi connectivity index (χ3v) is 6.47. The van der Waals surface area contributed by atoms with Crippen LogP contribution in [0.4, 0.5) is 5.69 Å². The number of benzene rings is 3. The molecular weight excluding hydrogens is 470 g/mol. The zero-order valence-corrected chi connectivity index (χ0v) is 20.5. The van der Waals surface area contributed by atoms with Gasteiger partial charge in [0.1, 0.15) is 11.3 Å². The lowest BCUT2D eigenvalue weighted by atomic mass is 10.1. The number of amides is 3. The second kappa shape index (κ2) is 10.6. The van der Waals surface area contributed by atoms with E-state index in [9.17, 15) is 14.4 Å². The van der Waals surface area contributed by atoms with Gasteiger partial charge in [0, 0.05) is 42.8 Å². The molecule has 3 aromatic carbocycles. The van der Waals surface area contributed by atoms with Crippen molar-refractivity contribution in [2.45, 2.75) is 6.42 Å². The highest BCUT2D eigenvalue weighted by Crippen LogP contribution is 2.20. The Morgan fingerprint density at radius 3 is 2.22 bits per heavy atom. The Bertz CT molecular complexity index is 1390.